The minimum atomic E-state index is -0.567. The number of amides is 3. The number of esters is 1. The van der Waals surface area contributed by atoms with Crippen molar-refractivity contribution in [2.45, 2.75) is 32.7 Å². The molecule has 0 bridgehead atoms. The molecule has 0 atom stereocenters. The molecular weight excluding hydrogens is 278 g/mol. The van der Waals surface area contributed by atoms with Gasteiger partial charge in [-0.2, -0.15) is 0 Å². The lowest BCUT2D eigenvalue weighted by atomic mass is 10.2. The van der Waals surface area contributed by atoms with E-state index in [9.17, 15) is 14.4 Å². The predicted molar refractivity (Wildman–Crippen MR) is 72.6 cm³/mol. The van der Waals surface area contributed by atoms with Crippen LogP contribution in [-0.4, -0.2) is 47.1 Å². The quantitative estimate of drug-likeness (QED) is 0.706. The van der Waals surface area contributed by atoms with Crippen molar-refractivity contribution in [3.8, 4) is 0 Å². The number of aryl methyl sites for hydroxylation is 1. The molecular formula is C12H19N5O4. The number of ether oxygens (including phenoxy) is 1. The Bertz CT molecular complexity index is 526. The van der Waals surface area contributed by atoms with E-state index in [1.54, 1.807) is 0 Å². The van der Waals surface area contributed by atoms with Crippen LogP contribution in [0, 0.1) is 0 Å². The van der Waals surface area contributed by atoms with Crippen LogP contribution in [0.1, 0.15) is 35.9 Å². The lowest BCUT2D eigenvalue weighted by Gasteiger charge is -2.07. The molecule has 0 aliphatic carbocycles. The summed E-state index contributed by atoms with van der Waals surface area (Å²) in [6, 6.07) is -0.567. The second-order valence-corrected chi connectivity index (χ2v) is 4.23. The van der Waals surface area contributed by atoms with E-state index in [1.165, 1.54) is 18.8 Å². The lowest BCUT2D eigenvalue weighted by Crippen LogP contribution is -2.37. The molecule has 116 valence electrons. The summed E-state index contributed by atoms with van der Waals surface area (Å²) in [4.78, 5) is 34.1. The molecule has 0 aromatic carbocycles. The Hall–Kier alpha value is -2.45. The Kier molecular flexibility index (Phi) is 6.31. The van der Waals surface area contributed by atoms with E-state index in [-0.39, 0.29) is 18.7 Å². The first kappa shape index (κ1) is 16.6. The third-order valence-electron chi connectivity index (χ3n) is 2.73. The van der Waals surface area contributed by atoms with Gasteiger partial charge in [-0.05, 0) is 6.42 Å². The van der Waals surface area contributed by atoms with Crippen LogP contribution in [-0.2, 0) is 22.5 Å². The smallest absolute Gasteiger partial charge is 0.360 e. The summed E-state index contributed by atoms with van der Waals surface area (Å²) in [7, 11) is 2.69. The van der Waals surface area contributed by atoms with Gasteiger partial charge in [0.2, 0.25) is 5.91 Å². The van der Waals surface area contributed by atoms with Gasteiger partial charge in [-0.15, -0.1) is 5.10 Å². The van der Waals surface area contributed by atoms with Crippen LogP contribution in [0.4, 0.5) is 4.79 Å². The van der Waals surface area contributed by atoms with Crippen molar-refractivity contribution in [1.29, 1.82) is 0 Å². The largest absolute Gasteiger partial charge is 0.464 e. The SMILES string of the molecule is CCCc1c(C(=O)OC)nnn1CCC(=O)NC(=O)NC. The zero-order valence-electron chi connectivity index (χ0n) is 12.3. The predicted octanol–water partition coefficient (Wildman–Crippen LogP) is -0.137. The minimum Gasteiger partial charge on any atom is -0.464 e. The Morgan fingerprint density at radius 2 is 2.05 bits per heavy atom. The van der Waals surface area contributed by atoms with Crippen molar-refractivity contribution in [2.75, 3.05) is 14.2 Å². The molecule has 0 unspecified atom stereocenters. The molecule has 1 aromatic rings. The molecule has 0 aliphatic rings. The topological polar surface area (TPSA) is 115 Å². The number of nitrogens with zero attached hydrogens (tertiary/aromatic N) is 3. The van der Waals surface area contributed by atoms with Gasteiger partial charge in [-0.1, -0.05) is 18.6 Å². The van der Waals surface area contributed by atoms with Crippen molar-refractivity contribution in [3.05, 3.63) is 11.4 Å². The first-order valence-electron chi connectivity index (χ1n) is 6.55. The minimum absolute atomic E-state index is 0.0497. The van der Waals surface area contributed by atoms with Gasteiger partial charge in [0.1, 0.15) is 0 Å². The Morgan fingerprint density at radius 1 is 1.33 bits per heavy atom. The molecule has 9 heteroatoms. The third kappa shape index (κ3) is 4.55. The number of carbonyl (C=O) groups excluding carboxylic acids is 3. The molecule has 0 radical (unpaired) electrons. The number of methoxy groups -OCH3 is 1. The number of urea groups is 1. The molecule has 21 heavy (non-hydrogen) atoms. The van der Waals surface area contributed by atoms with Gasteiger partial charge in [-0.25, -0.2) is 14.3 Å². The van der Waals surface area contributed by atoms with E-state index in [4.69, 9.17) is 0 Å². The monoisotopic (exact) mass is 297 g/mol. The molecule has 9 nitrogen and oxygen atoms in total. The highest BCUT2D eigenvalue weighted by atomic mass is 16.5. The highest BCUT2D eigenvalue weighted by molar-refractivity contribution is 5.94. The van der Waals surface area contributed by atoms with Crippen LogP contribution >= 0.6 is 0 Å². The molecule has 2 N–H and O–H groups in total. The molecule has 0 aliphatic heterocycles. The van der Waals surface area contributed by atoms with E-state index in [2.05, 4.69) is 25.7 Å². The van der Waals surface area contributed by atoms with Crippen LogP contribution in [0.2, 0.25) is 0 Å². The number of imide groups is 1. The maximum atomic E-state index is 11.6. The van der Waals surface area contributed by atoms with Crippen molar-refractivity contribution in [2.24, 2.45) is 0 Å². The van der Waals surface area contributed by atoms with Gasteiger partial charge >= 0.3 is 12.0 Å². The van der Waals surface area contributed by atoms with E-state index >= 15 is 0 Å². The van der Waals surface area contributed by atoms with Crippen LogP contribution in [0.25, 0.3) is 0 Å². The molecule has 1 aromatic heterocycles. The van der Waals surface area contributed by atoms with Crippen LogP contribution in [0.3, 0.4) is 0 Å². The van der Waals surface area contributed by atoms with Gasteiger partial charge < -0.3 is 10.1 Å². The fraction of sp³-hybridized carbons (Fsp3) is 0.583. The van der Waals surface area contributed by atoms with Crippen molar-refractivity contribution >= 4 is 17.9 Å². The Morgan fingerprint density at radius 3 is 2.62 bits per heavy atom. The van der Waals surface area contributed by atoms with Crippen molar-refractivity contribution in [3.63, 3.8) is 0 Å². The number of nitrogens with one attached hydrogen (secondary N) is 2. The molecule has 0 saturated carbocycles. The summed E-state index contributed by atoms with van der Waals surface area (Å²) in [5.41, 5.74) is 0.781. The van der Waals surface area contributed by atoms with Crippen LogP contribution in [0.15, 0.2) is 0 Å². The van der Waals surface area contributed by atoms with Crippen molar-refractivity contribution < 1.29 is 19.1 Å². The molecule has 1 rings (SSSR count). The number of aromatic nitrogens is 3. The van der Waals surface area contributed by atoms with E-state index in [1.807, 2.05) is 6.92 Å². The molecule has 1 heterocycles. The van der Waals surface area contributed by atoms with Crippen LogP contribution < -0.4 is 10.6 Å². The zero-order chi connectivity index (χ0) is 15.8. The fourth-order valence-electron chi connectivity index (χ4n) is 1.71. The zero-order valence-corrected chi connectivity index (χ0v) is 12.3. The number of carbonyl (C=O) groups is 3. The summed E-state index contributed by atoms with van der Waals surface area (Å²) in [6.45, 7) is 2.18. The Labute approximate surface area is 122 Å². The summed E-state index contributed by atoms with van der Waals surface area (Å²) in [5, 5.41) is 12.1. The first-order valence-corrected chi connectivity index (χ1v) is 6.55. The normalized spacial score (nSPS) is 10.0. The summed E-state index contributed by atoms with van der Waals surface area (Å²) >= 11 is 0. The average molecular weight is 297 g/mol. The standard InChI is InChI=1S/C12H19N5O4/c1-4-5-8-10(11(19)21-3)15-16-17(8)7-6-9(18)14-12(20)13-2/h4-7H2,1-3H3,(H2,13,14,18,20). The summed E-state index contributed by atoms with van der Waals surface area (Å²) in [5.74, 6) is -0.994. The molecule has 0 fully saturated rings. The second kappa shape index (κ2) is 7.98. The number of hydrogen-bond acceptors (Lipinski definition) is 6. The third-order valence-corrected chi connectivity index (χ3v) is 2.73. The fourth-order valence-corrected chi connectivity index (χ4v) is 1.71. The van der Waals surface area contributed by atoms with E-state index in [0.717, 1.165) is 6.42 Å². The van der Waals surface area contributed by atoms with E-state index in [0.29, 0.717) is 12.1 Å². The molecule has 3 amide bonds. The molecule has 0 spiro atoms. The first-order chi connectivity index (χ1) is 10.0. The van der Waals surface area contributed by atoms with Gasteiger partial charge in [0.15, 0.2) is 5.69 Å². The Balaban J connectivity index is 2.74. The summed E-state index contributed by atoms with van der Waals surface area (Å²) in [6.07, 6.45) is 1.43. The summed E-state index contributed by atoms with van der Waals surface area (Å²) < 4.78 is 6.13. The van der Waals surface area contributed by atoms with Gasteiger partial charge in [-0.3, -0.25) is 10.1 Å². The number of hydrogen-bond donors (Lipinski definition) is 2. The van der Waals surface area contributed by atoms with Gasteiger partial charge in [0.25, 0.3) is 0 Å². The van der Waals surface area contributed by atoms with E-state index < -0.39 is 17.9 Å². The van der Waals surface area contributed by atoms with Gasteiger partial charge in [0, 0.05) is 13.5 Å². The lowest BCUT2D eigenvalue weighted by molar-refractivity contribution is -0.120. The average Bonchev–Trinajstić information content (AvgIpc) is 2.87. The highest BCUT2D eigenvalue weighted by Gasteiger charge is 2.20. The second-order valence-electron chi connectivity index (χ2n) is 4.23. The van der Waals surface area contributed by atoms with Gasteiger partial charge in [0.05, 0.1) is 19.3 Å². The number of rotatable bonds is 6. The van der Waals surface area contributed by atoms with Crippen LogP contribution in [0.5, 0.6) is 0 Å². The molecule has 0 saturated heterocycles. The maximum absolute atomic E-state index is 11.6. The highest BCUT2D eigenvalue weighted by Crippen LogP contribution is 2.10. The maximum Gasteiger partial charge on any atom is 0.360 e. The van der Waals surface area contributed by atoms with Crippen molar-refractivity contribution in [1.82, 2.24) is 25.6 Å².